The molecule has 0 aliphatic rings. The summed E-state index contributed by atoms with van der Waals surface area (Å²) in [6, 6.07) is 3.63. The van der Waals surface area contributed by atoms with Gasteiger partial charge >= 0.3 is 0 Å². The van der Waals surface area contributed by atoms with E-state index in [-0.39, 0.29) is 16.4 Å². The van der Waals surface area contributed by atoms with Crippen LogP contribution in [0.25, 0.3) is 0 Å². The van der Waals surface area contributed by atoms with E-state index in [9.17, 15) is 9.18 Å². The summed E-state index contributed by atoms with van der Waals surface area (Å²) < 4.78 is 17.5. The summed E-state index contributed by atoms with van der Waals surface area (Å²) in [5, 5.41) is 0.0983. The molecule has 0 aliphatic heterocycles. The summed E-state index contributed by atoms with van der Waals surface area (Å²) in [7, 11) is 0. The van der Waals surface area contributed by atoms with Crippen LogP contribution in [0.1, 0.15) is 17.3 Å². The van der Waals surface area contributed by atoms with E-state index in [1.807, 2.05) is 0 Å². The molecule has 0 bridgehead atoms. The van der Waals surface area contributed by atoms with Crippen LogP contribution in [0, 0.1) is 5.82 Å². The monoisotopic (exact) mass is 228 g/mol. The minimum absolute atomic E-state index is 0.0983. The molecule has 0 N–H and O–H groups in total. The number of carbonyl (C=O) groups excluding carboxylic acids is 1. The lowest BCUT2D eigenvalue weighted by atomic mass is 10.1. The van der Waals surface area contributed by atoms with E-state index in [0.29, 0.717) is 6.61 Å². The maximum Gasteiger partial charge on any atom is 0.190 e. The van der Waals surface area contributed by atoms with E-state index in [2.05, 4.69) is 0 Å². The molecule has 0 aromatic heterocycles. The number of allylic oxidation sites excluding steroid dienone is 1. The number of rotatable bonds is 4. The molecule has 0 unspecified atom stereocenters. The first-order valence-corrected chi connectivity index (χ1v) is 4.80. The molecule has 2 nitrogen and oxygen atoms in total. The van der Waals surface area contributed by atoms with Crippen molar-refractivity contribution in [2.24, 2.45) is 0 Å². The van der Waals surface area contributed by atoms with Crippen molar-refractivity contribution >= 4 is 17.4 Å². The summed E-state index contributed by atoms with van der Waals surface area (Å²) in [4.78, 5) is 11.5. The minimum Gasteiger partial charge on any atom is -0.501 e. The maximum atomic E-state index is 12.7. The Morgan fingerprint density at radius 1 is 1.60 bits per heavy atom. The lowest BCUT2D eigenvalue weighted by molar-refractivity contribution is 0.104. The first-order chi connectivity index (χ1) is 7.15. The molecular formula is C11H10ClFO2. The lowest BCUT2D eigenvalue weighted by Gasteiger charge is -1.99. The van der Waals surface area contributed by atoms with Gasteiger partial charge in [0.1, 0.15) is 5.82 Å². The topological polar surface area (TPSA) is 26.3 Å². The molecule has 1 aromatic carbocycles. The zero-order chi connectivity index (χ0) is 11.3. The van der Waals surface area contributed by atoms with Crippen molar-refractivity contribution in [3.63, 3.8) is 0 Å². The molecule has 0 heterocycles. The second-order valence-corrected chi connectivity index (χ2v) is 3.15. The second kappa shape index (κ2) is 5.51. The predicted molar refractivity (Wildman–Crippen MR) is 56.5 cm³/mol. The van der Waals surface area contributed by atoms with E-state index in [1.54, 1.807) is 6.92 Å². The van der Waals surface area contributed by atoms with Gasteiger partial charge in [-0.3, -0.25) is 4.79 Å². The van der Waals surface area contributed by atoms with Crippen LogP contribution in [0.5, 0.6) is 0 Å². The maximum absolute atomic E-state index is 12.7. The van der Waals surface area contributed by atoms with Crippen molar-refractivity contribution in [1.29, 1.82) is 0 Å². The number of halogens is 2. The summed E-state index contributed by atoms with van der Waals surface area (Å²) in [5.74, 6) is -0.779. The van der Waals surface area contributed by atoms with Gasteiger partial charge in [0.05, 0.1) is 17.9 Å². The quantitative estimate of drug-likeness (QED) is 0.449. The fraction of sp³-hybridized carbons (Fsp3) is 0.182. The first-order valence-electron chi connectivity index (χ1n) is 4.42. The van der Waals surface area contributed by atoms with Crippen molar-refractivity contribution in [3.05, 3.63) is 46.9 Å². The van der Waals surface area contributed by atoms with Gasteiger partial charge in [0.2, 0.25) is 0 Å². The Bertz CT molecular complexity index is 388. The summed E-state index contributed by atoms with van der Waals surface area (Å²) in [5.41, 5.74) is 0.258. The number of ether oxygens (including phenoxy) is 1. The van der Waals surface area contributed by atoms with Gasteiger partial charge < -0.3 is 4.74 Å². The average Bonchev–Trinajstić information content (AvgIpc) is 2.17. The molecular weight excluding hydrogens is 219 g/mol. The number of ketones is 1. The molecule has 0 amide bonds. The van der Waals surface area contributed by atoms with E-state index < -0.39 is 5.82 Å². The van der Waals surface area contributed by atoms with Gasteiger partial charge in [-0.25, -0.2) is 4.39 Å². The van der Waals surface area contributed by atoms with Crippen LogP contribution < -0.4 is 0 Å². The number of hydrogen-bond donors (Lipinski definition) is 0. The Balaban J connectivity index is 2.82. The molecule has 0 saturated heterocycles. The highest BCUT2D eigenvalue weighted by Gasteiger charge is 2.07. The molecule has 0 fully saturated rings. The lowest BCUT2D eigenvalue weighted by Crippen LogP contribution is -1.96. The largest absolute Gasteiger partial charge is 0.501 e. The normalized spacial score (nSPS) is 10.6. The predicted octanol–water partition coefficient (Wildman–Crippen LogP) is 3.21. The fourth-order valence-corrected chi connectivity index (χ4v) is 1.25. The first kappa shape index (κ1) is 11.7. The third-order valence-electron chi connectivity index (χ3n) is 1.68. The Kier molecular flexibility index (Phi) is 4.31. The van der Waals surface area contributed by atoms with E-state index >= 15 is 0 Å². The smallest absolute Gasteiger partial charge is 0.190 e. The fourth-order valence-electron chi connectivity index (χ4n) is 0.985. The van der Waals surface area contributed by atoms with Crippen molar-refractivity contribution in [2.45, 2.75) is 6.92 Å². The van der Waals surface area contributed by atoms with Gasteiger partial charge in [0.25, 0.3) is 0 Å². The van der Waals surface area contributed by atoms with Crippen molar-refractivity contribution in [1.82, 2.24) is 0 Å². The highest BCUT2D eigenvalue weighted by Crippen LogP contribution is 2.17. The van der Waals surface area contributed by atoms with E-state index in [4.69, 9.17) is 16.3 Å². The van der Waals surface area contributed by atoms with E-state index in [1.165, 1.54) is 24.5 Å². The Labute approximate surface area is 92.3 Å². The van der Waals surface area contributed by atoms with Gasteiger partial charge in [-0.2, -0.15) is 0 Å². The number of hydrogen-bond acceptors (Lipinski definition) is 2. The molecule has 80 valence electrons. The van der Waals surface area contributed by atoms with Crippen LogP contribution in [0.2, 0.25) is 5.02 Å². The van der Waals surface area contributed by atoms with Gasteiger partial charge in [-0.15, -0.1) is 0 Å². The Morgan fingerprint density at radius 3 is 2.93 bits per heavy atom. The van der Waals surface area contributed by atoms with Crippen LogP contribution in [0.4, 0.5) is 4.39 Å². The molecule has 0 aliphatic carbocycles. The standard InChI is InChI=1S/C11H10ClFO2/c1-2-15-6-5-11(14)9-4-3-8(13)7-10(9)12/h3-7H,2H2,1H3. The number of benzene rings is 1. The molecule has 1 aromatic rings. The van der Waals surface area contributed by atoms with Crippen LogP contribution in [-0.4, -0.2) is 12.4 Å². The molecule has 0 saturated carbocycles. The summed E-state index contributed by atoms with van der Waals surface area (Å²) in [6.07, 6.45) is 2.55. The highest BCUT2D eigenvalue weighted by molar-refractivity contribution is 6.34. The minimum atomic E-state index is -0.467. The van der Waals surface area contributed by atoms with Crippen molar-refractivity contribution in [2.75, 3.05) is 6.61 Å². The summed E-state index contributed by atoms with van der Waals surface area (Å²) in [6.45, 7) is 2.29. The van der Waals surface area contributed by atoms with Gasteiger partial charge in [0, 0.05) is 11.6 Å². The van der Waals surface area contributed by atoms with Crippen molar-refractivity contribution in [3.8, 4) is 0 Å². The molecule has 0 spiro atoms. The van der Waals surface area contributed by atoms with E-state index in [0.717, 1.165) is 6.07 Å². The molecule has 4 heteroatoms. The van der Waals surface area contributed by atoms with Gasteiger partial charge in [-0.05, 0) is 25.1 Å². The van der Waals surface area contributed by atoms with Crippen molar-refractivity contribution < 1.29 is 13.9 Å². The second-order valence-electron chi connectivity index (χ2n) is 2.75. The van der Waals surface area contributed by atoms with Crippen LogP contribution in [-0.2, 0) is 4.74 Å². The molecule has 0 radical (unpaired) electrons. The Hall–Kier alpha value is -1.35. The number of carbonyl (C=O) groups is 1. The molecule has 1 rings (SSSR count). The van der Waals surface area contributed by atoms with Crippen LogP contribution >= 0.6 is 11.6 Å². The third kappa shape index (κ3) is 3.36. The van der Waals surface area contributed by atoms with Gasteiger partial charge in [0.15, 0.2) is 5.78 Å². The molecule has 0 atom stereocenters. The highest BCUT2D eigenvalue weighted by atomic mass is 35.5. The molecule has 15 heavy (non-hydrogen) atoms. The van der Waals surface area contributed by atoms with Crippen LogP contribution in [0.3, 0.4) is 0 Å². The zero-order valence-corrected chi connectivity index (χ0v) is 8.92. The third-order valence-corrected chi connectivity index (χ3v) is 1.99. The average molecular weight is 229 g/mol. The SMILES string of the molecule is CCOC=CC(=O)c1ccc(F)cc1Cl. The summed E-state index contributed by atoms with van der Waals surface area (Å²) >= 11 is 5.70. The Morgan fingerprint density at radius 2 is 2.33 bits per heavy atom. The van der Waals surface area contributed by atoms with Gasteiger partial charge in [-0.1, -0.05) is 11.6 Å². The zero-order valence-electron chi connectivity index (χ0n) is 8.17. The van der Waals surface area contributed by atoms with Crippen LogP contribution in [0.15, 0.2) is 30.5 Å².